The maximum atomic E-state index is 6.16. The SMILES string of the molecule is Cc1ccc(OCC(COc2ccc(C)cc2)N2CCN(c3ccccc3)CC2)cc1. The summed E-state index contributed by atoms with van der Waals surface area (Å²) in [6, 6.07) is 27.4. The summed E-state index contributed by atoms with van der Waals surface area (Å²) in [6.07, 6.45) is 0. The Bertz CT molecular complexity index is 868. The summed E-state index contributed by atoms with van der Waals surface area (Å²) in [4.78, 5) is 4.96. The summed E-state index contributed by atoms with van der Waals surface area (Å²) < 4.78 is 12.3. The van der Waals surface area contributed by atoms with Crippen molar-refractivity contribution in [1.82, 2.24) is 4.90 Å². The molecule has 0 spiro atoms. The normalized spacial score (nSPS) is 14.6. The standard InChI is InChI=1S/C27H32N2O2/c1-22-8-12-26(13-9-22)30-20-25(21-31-27-14-10-23(2)11-15-27)29-18-16-28(17-19-29)24-6-4-3-5-7-24/h3-15,25H,16-21H2,1-2H3. The number of piperazine rings is 1. The average molecular weight is 417 g/mol. The van der Waals surface area contributed by atoms with Crippen molar-refractivity contribution < 1.29 is 9.47 Å². The highest BCUT2D eigenvalue weighted by Gasteiger charge is 2.25. The molecule has 162 valence electrons. The smallest absolute Gasteiger partial charge is 0.119 e. The molecule has 0 unspecified atom stereocenters. The number of rotatable bonds is 8. The summed E-state index contributed by atoms with van der Waals surface area (Å²) in [5.41, 5.74) is 3.78. The third kappa shape index (κ3) is 6.02. The van der Waals surface area contributed by atoms with E-state index in [1.807, 2.05) is 24.3 Å². The Morgan fingerprint density at radius 1 is 0.645 bits per heavy atom. The third-order valence-electron chi connectivity index (χ3n) is 5.88. The quantitative estimate of drug-likeness (QED) is 0.519. The Morgan fingerprint density at radius 3 is 1.61 bits per heavy atom. The van der Waals surface area contributed by atoms with Crippen molar-refractivity contribution in [2.24, 2.45) is 0 Å². The van der Waals surface area contributed by atoms with Crippen molar-refractivity contribution in [3.8, 4) is 11.5 Å². The molecule has 1 saturated heterocycles. The van der Waals surface area contributed by atoms with E-state index in [-0.39, 0.29) is 6.04 Å². The molecule has 4 heteroatoms. The Labute approximate surface area is 186 Å². The molecule has 4 rings (SSSR count). The Hall–Kier alpha value is -2.98. The maximum absolute atomic E-state index is 6.16. The molecule has 1 aliphatic heterocycles. The summed E-state index contributed by atoms with van der Waals surface area (Å²) in [5.74, 6) is 1.82. The van der Waals surface area contributed by atoms with E-state index in [4.69, 9.17) is 9.47 Å². The van der Waals surface area contributed by atoms with E-state index in [9.17, 15) is 0 Å². The van der Waals surface area contributed by atoms with E-state index < -0.39 is 0 Å². The van der Waals surface area contributed by atoms with Gasteiger partial charge >= 0.3 is 0 Å². The van der Waals surface area contributed by atoms with Gasteiger partial charge in [-0.25, -0.2) is 0 Å². The van der Waals surface area contributed by atoms with Crippen LogP contribution in [0.2, 0.25) is 0 Å². The van der Waals surface area contributed by atoms with E-state index in [1.54, 1.807) is 0 Å². The summed E-state index contributed by atoms with van der Waals surface area (Å²) >= 11 is 0. The zero-order valence-corrected chi connectivity index (χ0v) is 18.5. The number of benzene rings is 3. The molecule has 0 saturated carbocycles. The van der Waals surface area contributed by atoms with E-state index in [1.165, 1.54) is 16.8 Å². The highest BCUT2D eigenvalue weighted by Crippen LogP contribution is 2.19. The molecule has 0 aliphatic carbocycles. The number of anilines is 1. The van der Waals surface area contributed by atoms with Gasteiger partial charge in [0.15, 0.2) is 0 Å². The van der Waals surface area contributed by atoms with Crippen LogP contribution in [0.25, 0.3) is 0 Å². The second kappa shape index (κ2) is 10.4. The molecule has 0 amide bonds. The zero-order chi connectivity index (χ0) is 21.5. The molecule has 0 N–H and O–H groups in total. The van der Waals surface area contributed by atoms with Gasteiger partial charge in [-0.1, -0.05) is 53.6 Å². The lowest BCUT2D eigenvalue weighted by Crippen LogP contribution is -2.53. The van der Waals surface area contributed by atoms with Gasteiger partial charge in [-0.15, -0.1) is 0 Å². The first kappa shape index (κ1) is 21.3. The molecule has 3 aromatic rings. The molecule has 31 heavy (non-hydrogen) atoms. The molecule has 0 bridgehead atoms. The Morgan fingerprint density at radius 2 is 1.13 bits per heavy atom. The van der Waals surface area contributed by atoms with Crippen LogP contribution < -0.4 is 14.4 Å². The van der Waals surface area contributed by atoms with Crippen LogP contribution in [-0.4, -0.2) is 50.3 Å². The van der Waals surface area contributed by atoms with Crippen molar-refractivity contribution >= 4 is 5.69 Å². The summed E-state index contributed by atoms with van der Waals surface area (Å²) in [6.45, 7) is 9.41. The van der Waals surface area contributed by atoms with Crippen LogP contribution in [-0.2, 0) is 0 Å². The minimum absolute atomic E-state index is 0.195. The van der Waals surface area contributed by atoms with Gasteiger partial charge in [-0.2, -0.15) is 0 Å². The fourth-order valence-corrected chi connectivity index (χ4v) is 3.90. The molecule has 1 heterocycles. The zero-order valence-electron chi connectivity index (χ0n) is 18.5. The van der Waals surface area contributed by atoms with Gasteiger partial charge in [0.1, 0.15) is 24.7 Å². The van der Waals surface area contributed by atoms with Crippen LogP contribution >= 0.6 is 0 Å². The molecule has 0 radical (unpaired) electrons. The van der Waals surface area contributed by atoms with E-state index in [2.05, 4.69) is 78.2 Å². The third-order valence-corrected chi connectivity index (χ3v) is 5.88. The van der Waals surface area contributed by atoms with E-state index in [0.29, 0.717) is 13.2 Å². The monoisotopic (exact) mass is 416 g/mol. The molecule has 3 aromatic carbocycles. The van der Waals surface area contributed by atoms with Crippen LogP contribution in [0.15, 0.2) is 78.9 Å². The van der Waals surface area contributed by atoms with Crippen molar-refractivity contribution in [3.05, 3.63) is 90.0 Å². The molecule has 4 nitrogen and oxygen atoms in total. The minimum atomic E-state index is 0.195. The minimum Gasteiger partial charge on any atom is -0.492 e. The van der Waals surface area contributed by atoms with Gasteiger partial charge in [0.2, 0.25) is 0 Å². The topological polar surface area (TPSA) is 24.9 Å². The number of aryl methyl sites for hydroxylation is 2. The maximum Gasteiger partial charge on any atom is 0.119 e. The number of ether oxygens (including phenoxy) is 2. The van der Waals surface area contributed by atoms with Crippen molar-refractivity contribution in [2.45, 2.75) is 19.9 Å². The highest BCUT2D eigenvalue weighted by atomic mass is 16.5. The number of nitrogens with zero attached hydrogens (tertiary/aromatic N) is 2. The molecular weight excluding hydrogens is 384 g/mol. The predicted molar refractivity (Wildman–Crippen MR) is 127 cm³/mol. The van der Waals surface area contributed by atoms with Gasteiger partial charge in [0, 0.05) is 31.9 Å². The molecule has 1 aliphatic rings. The van der Waals surface area contributed by atoms with Crippen molar-refractivity contribution in [2.75, 3.05) is 44.3 Å². The highest BCUT2D eigenvalue weighted by molar-refractivity contribution is 5.46. The Balaban J connectivity index is 1.38. The molecule has 1 fully saturated rings. The largest absolute Gasteiger partial charge is 0.492 e. The lowest BCUT2D eigenvalue weighted by atomic mass is 10.2. The van der Waals surface area contributed by atoms with Crippen molar-refractivity contribution in [3.63, 3.8) is 0 Å². The lowest BCUT2D eigenvalue weighted by Gasteiger charge is -2.40. The predicted octanol–water partition coefficient (Wildman–Crippen LogP) is 4.95. The second-order valence-electron chi connectivity index (χ2n) is 8.26. The lowest BCUT2D eigenvalue weighted by molar-refractivity contribution is 0.0864. The fourth-order valence-electron chi connectivity index (χ4n) is 3.90. The number of para-hydroxylation sites is 1. The number of hydrogen-bond donors (Lipinski definition) is 0. The van der Waals surface area contributed by atoms with Gasteiger partial charge in [0.05, 0.1) is 6.04 Å². The fraction of sp³-hybridized carbons (Fsp3) is 0.333. The first-order valence-electron chi connectivity index (χ1n) is 11.1. The van der Waals surface area contributed by atoms with Gasteiger partial charge in [0.25, 0.3) is 0 Å². The van der Waals surface area contributed by atoms with Gasteiger partial charge < -0.3 is 14.4 Å². The molecule has 0 atom stereocenters. The van der Waals surface area contributed by atoms with E-state index >= 15 is 0 Å². The first-order chi connectivity index (χ1) is 15.2. The second-order valence-corrected chi connectivity index (χ2v) is 8.26. The van der Waals surface area contributed by atoms with Crippen LogP contribution in [0.4, 0.5) is 5.69 Å². The van der Waals surface area contributed by atoms with Crippen molar-refractivity contribution in [1.29, 1.82) is 0 Å². The van der Waals surface area contributed by atoms with Gasteiger partial charge in [-0.05, 0) is 50.2 Å². The van der Waals surface area contributed by atoms with Crippen LogP contribution in [0.5, 0.6) is 11.5 Å². The van der Waals surface area contributed by atoms with Crippen LogP contribution in [0.1, 0.15) is 11.1 Å². The molecule has 0 aromatic heterocycles. The first-order valence-corrected chi connectivity index (χ1v) is 11.1. The van der Waals surface area contributed by atoms with E-state index in [0.717, 1.165) is 37.7 Å². The van der Waals surface area contributed by atoms with Crippen LogP contribution in [0, 0.1) is 13.8 Å². The average Bonchev–Trinajstić information content (AvgIpc) is 2.82. The van der Waals surface area contributed by atoms with Gasteiger partial charge in [-0.3, -0.25) is 4.90 Å². The molecular formula is C27H32N2O2. The van der Waals surface area contributed by atoms with Crippen LogP contribution in [0.3, 0.4) is 0 Å². The summed E-state index contributed by atoms with van der Waals surface area (Å²) in [7, 11) is 0. The Kier molecular flexibility index (Phi) is 7.11. The number of hydrogen-bond acceptors (Lipinski definition) is 4. The summed E-state index contributed by atoms with van der Waals surface area (Å²) in [5, 5.41) is 0.